The molecule has 2 N–H and O–H groups in total. The van der Waals surface area contributed by atoms with E-state index in [1.807, 2.05) is 0 Å². The molecule has 1 saturated heterocycles. The van der Waals surface area contributed by atoms with Crippen LogP contribution in [-0.4, -0.2) is 35.2 Å². The summed E-state index contributed by atoms with van der Waals surface area (Å²) in [5.74, 6) is -0.344. The first-order valence-electron chi connectivity index (χ1n) is 10.7. The molecule has 1 saturated carbocycles. The lowest BCUT2D eigenvalue weighted by Gasteiger charge is -2.23. The number of amides is 3. The highest BCUT2D eigenvalue weighted by Crippen LogP contribution is 2.25. The number of hydrogen-bond donors (Lipinski definition) is 2. The minimum atomic E-state index is -0.461. The molecule has 1 atom stereocenters. The van der Waals surface area contributed by atoms with Gasteiger partial charge in [-0.05, 0) is 43.2 Å². The summed E-state index contributed by atoms with van der Waals surface area (Å²) in [6.07, 6.45) is 7.10. The van der Waals surface area contributed by atoms with Crippen LogP contribution in [0.25, 0.3) is 0 Å². The third-order valence-corrected chi connectivity index (χ3v) is 6.26. The van der Waals surface area contributed by atoms with Gasteiger partial charge in [-0.25, -0.2) is 0 Å². The van der Waals surface area contributed by atoms with Crippen LogP contribution in [0.2, 0.25) is 5.02 Å². The zero-order valence-electron chi connectivity index (χ0n) is 17.2. The standard InChI is InChI=1S/C23H26ClN3O4/c24-20-9-8-17(12-19(20)23(30)25-16-5-2-1-3-6-16)26-22(29)15-11-21(28)27(13-15)14-18-7-4-10-31-18/h4,7-10,12,15-16H,1-3,5-6,11,13-14H2,(H,25,30)(H,26,29)/t15-/m0/s1. The predicted molar refractivity (Wildman–Crippen MR) is 117 cm³/mol. The summed E-state index contributed by atoms with van der Waals surface area (Å²) >= 11 is 6.24. The van der Waals surface area contributed by atoms with Crippen LogP contribution in [-0.2, 0) is 16.1 Å². The number of furan rings is 1. The van der Waals surface area contributed by atoms with E-state index in [-0.39, 0.29) is 30.2 Å². The Hall–Kier alpha value is -2.80. The second-order valence-corrected chi connectivity index (χ2v) is 8.65. The first-order chi connectivity index (χ1) is 15.0. The van der Waals surface area contributed by atoms with Crippen LogP contribution in [0.1, 0.15) is 54.6 Å². The smallest absolute Gasteiger partial charge is 0.253 e. The number of carbonyl (C=O) groups excluding carboxylic acids is 3. The van der Waals surface area contributed by atoms with Crippen molar-refractivity contribution in [3.8, 4) is 0 Å². The molecule has 1 aromatic heterocycles. The molecular weight excluding hydrogens is 418 g/mol. The van der Waals surface area contributed by atoms with E-state index in [4.69, 9.17) is 16.0 Å². The highest BCUT2D eigenvalue weighted by atomic mass is 35.5. The van der Waals surface area contributed by atoms with E-state index in [2.05, 4.69) is 10.6 Å². The largest absolute Gasteiger partial charge is 0.467 e. The fourth-order valence-corrected chi connectivity index (χ4v) is 4.43. The molecule has 4 rings (SSSR count). The molecule has 7 nitrogen and oxygen atoms in total. The number of likely N-dealkylation sites (tertiary alicyclic amines) is 1. The SMILES string of the molecule is O=C(NC1CCCCC1)c1cc(NC(=O)[C@H]2CC(=O)N(Cc3ccco3)C2)ccc1Cl. The van der Waals surface area contributed by atoms with Crippen molar-refractivity contribution in [1.82, 2.24) is 10.2 Å². The van der Waals surface area contributed by atoms with Gasteiger partial charge in [0.2, 0.25) is 11.8 Å². The number of carbonyl (C=O) groups is 3. The van der Waals surface area contributed by atoms with Gasteiger partial charge in [0.1, 0.15) is 5.76 Å². The van der Waals surface area contributed by atoms with Crippen LogP contribution >= 0.6 is 11.6 Å². The van der Waals surface area contributed by atoms with Gasteiger partial charge >= 0.3 is 0 Å². The number of nitrogens with zero attached hydrogens (tertiary/aromatic N) is 1. The van der Waals surface area contributed by atoms with Crippen molar-refractivity contribution in [2.45, 2.75) is 51.1 Å². The van der Waals surface area contributed by atoms with Gasteiger partial charge in [-0.1, -0.05) is 30.9 Å². The minimum absolute atomic E-state index is 0.0831. The Morgan fingerprint density at radius 1 is 1.16 bits per heavy atom. The second kappa shape index (κ2) is 9.56. The molecule has 1 aliphatic heterocycles. The Morgan fingerprint density at radius 2 is 1.97 bits per heavy atom. The third kappa shape index (κ3) is 5.28. The van der Waals surface area contributed by atoms with E-state index in [9.17, 15) is 14.4 Å². The Bertz CT molecular complexity index is 954. The van der Waals surface area contributed by atoms with Crippen molar-refractivity contribution in [2.24, 2.45) is 5.92 Å². The number of benzene rings is 1. The summed E-state index contributed by atoms with van der Waals surface area (Å²) in [7, 11) is 0. The van der Waals surface area contributed by atoms with Gasteiger partial charge in [0.25, 0.3) is 5.91 Å². The number of anilines is 1. The van der Waals surface area contributed by atoms with Crippen molar-refractivity contribution >= 4 is 35.0 Å². The maximum Gasteiger partial charge on any atom is 0.253 e. The molecule has 2 heterocycles. The van der Waals surface area contributed by atoms with Gasteiger partial charge in [0, 0.05) is 24.7 Å². The zero-order valence-corrected chi connectivity index (χ0v) is 18.0. The summed E-state index contributed by atoms with van der Waals surface area (Å²) in [6.45, 7) is 0.677. The molecule has 0 radical (unpaired) electrons. The van der Waals surface area contributed by atoms with Gasteiger partial charge in [-0.15, -0.1) is 0 Å². The molecule has 1 aliphatic carbocycles. The minimum Gasteiger partial charge on any atom is -0.467 e. The first kappa shape index (κ1) is 21.4. The Balaban J connectivity index is 1.37. The van der Waals surface area contributed by atoms with E-state index in [0.29, 0.717) is 35.1 Å². The van der Waals surface area contributed by atoms with Crippen molar-refractivity contribution in [2.75, 3.05) is 11.9 Å². The topological polar surface area (TPSA) is 91.7 Å². The van der Waals surface area contributed by atoms with Crippen molar-refractivity contribution < 1.29 is 18.8 Å². The summed E-state index contributed by atoms with van der Waals surface area (Å²) in [6, 6.07) is 8.60. The normalized spacial score (nSPS) is 19.5. The van der Waals surface area contributed by atoms with E-state index in [1.165, 1.54) is 6.42 Å². The lowest BCUT2D eigenvalue weighted by Crippen LogP contribution is -2.36. The van der Waals surface area contributed by atoms with Gasteiger partial charge in [-0.2, -0.15) is 0 Å². The molecule has 0 spiro atoms. The maximum atomic E-state index is 12.7. The molecule has 1 aromatic carbocycles. The van der Waals surface area contributed by atoms with E-state index in [0.717, 1.165) is 25.7 Å². The van der Waals surface area contributed by atoms with Crippen LogP contribution in [0.4, 0.5) is 5.69 Å². The van der Waals surface area contributed by atoms with Crippen LogP contribution in [0, 0.1) is 5.92 Å². The first-order valence-corrected chi connectivity index (χ1v) is 11.1. The summed E-state index contributed by atoms with van der Waals surface area (Å²) in [4.78, 5) is 39.3. The molecule has 31 heavy (non-hydrogen) atoms. The molecule has 2 aromatic rings. The van der Waals surface area contributed by atoms with Crippen molar-refractivity contribution in [1.29, 1.82) is 0 Å². The second-order valence-electron chi connectivity index (χ2n) is 8.25. The average Bonchev–Trinajstić information content (AvgIpc) is 3.40. The van der Waals surface area contributed by atoms with Gasteiger partial charge in [-0.3, -0.25) is 14.4 Å². The number of hydrogen-bond acceptors (Lipinski definition) is 4. The Morgan fingerprint density at radius 3 is 2.71 bits per heavy atom. The summed E-state index contributed by atoms with van der Waals surface area (Å²) < 4.78 is 5.29. The highest BCUT2D eigenvalue weighted by Gasteiger charge is 2.34. The number of nitrogens with one attached hydrogen (secondary N) is 2. The van der Waals surface area contributed by atoms with Gasteiger partial charge in [0.05, 0.1) is 29.3 Å². The van der Waals surface area contributed by atoms with Gasteiger partial charge in [0.15, 0.2) is 0 Å². The maximum absolute atomic E-state index is 12.7. The molecule has 3 amide bonds. The lowest BCUT2D eigenvalue weighted by molar-refractivity contribution is -0.128. The van der Waals surface area contributed by atoms with Crippen LogP contribution < -0.4 is 10.6 Å². The molecular formula is C23H26ClN3O4. The Labute approximate surface area is 186 Å². The van der Waals surface area contributed by atoms with Crippen LogP contribution in [0.15, 0.2) is 41.0 Å². The molecule has 0 bridgehead atoms. The summed E-state index contributed by atoms with van der Waals surface area (Å²) in [5.41, 5.74) is 0.826. The fraction of sp³-hybridized carbons (Fsp3) is 0.435. The number of rotatable bonds is 6. The van der Waals surface area contributed by atoms with Crippen molar-refractivity contribution in [3.63, 3.8) is 0 Å². The summed E-state index contributed by atoms with van der Waals surface area (Å²) in [5, 5.41) is 6.22. The highest BCUT2D eigenvalue weighted by molar-refractivity contribution is 6.34. The number of halogens is 1. The zero-order chi connectivity index (χ0) is 21.8. The molecule has 164 valence electrons. The van der Waals surface area contributed by atoms with E-state index < -0.39 is 5.92 Å². The molecule has 0 unspecified atom stereocenters. The Kier molecular flexibility index (Phi) is 6.61. The van der Waals surface area contributed by atoms with Crippen LogP contribution in [0.5, 0.6) is 0 Å². The van der Waals surface area contributed by atoms with Crippen molar-refractivity contribution in [3.05, 3.63) is 52.9 Å². The third-order valence-electron chi connectivity index (χ3n) is 5.93. The molecule has 2 fully saturated rings. The van der Waals surface area contributed by atoms with Gasteiger partial charge < -0.3 is 20.0 Å². The van der Waals surface area contributed by atoms with Crippen LogP contribution in [0.3, 0.4) is 0 Å². The lowest BCUT2D eigenvalue weighted by atomic mass is 9.95. The van der Waals surface area contributed by atoms with E-state index in [1.54, 1.807) is 41.5 Å². The monoisotopic (exact) mass is 443 g/mol. The molecule has 2 aliphatic rings. The van der Waals surface area contributed by atoms with E-state index >= 15 is 0 Å². The predicted octanol–water partition coefficient (Wildman–Crippen LogP) is 3.98. The fourth-order valence-electron chi connectivity index (χ4n) is 4.22. The molecule has 8 heteroatoms. The average molecular weight is 444 g/mol. The quantitative estimate of drug-likeness (QED) is 0.706.